The molecule has 0 bridgehead atoms. The molecular formula is C14H22N6O2. The lowest BCUT2D eigenvalue weighted by Gasteiger charge is -2.21. The van der Waals surface area contributed by atoms with E-state index in [-0.39, 0.29) is 5.91 Å². The molecule has 1 unspecified atom stereocenters. The third-order valence-corrected chi connectivity index (χ3v) is 3.84. The molecule has 1 aromatic rings. The number of nitrogens with zero attached hydrogens (tertiary/aromatic N) is 4. The molecule has 2 aliphatic rings. The van der Waals surface area contributed by atoms with Gasteiger partial charge in [0, 0.05) is 38.4 Å². The zero-order valence-electron chi connectivity index (χ0n) is 12.5. The van der Waals surface area contributed by atoms with Crippen molar-refractivity contribution in [3.8, 4) is 0 Å². The summed E-state index contributed by atoms with van der Waals surface area (Å²) in [4.78, 5) is 24.1. The van der Waals surface area contributed by atoms with E-state index in [0.29, 0.717) is 50.5 Å². The highest BCUT2D eigenvalue weighted by Gasteiger charge is 2.27. The molecule has 2 fully saturated rings. The van der Waals surface area contributed by atoms with E-state index in [1.54, 1.807) is 12.3 Å². The van der Waals surface area contributed by atoms with Crippen molar-refractivity contribution in [3.63, 3.8) is 0 Å². The Morgan fingerprint density at radius 3 is 2.95 bits per heavy atom. The predicted octanol–water partition coefficient (Wildman–Crippen LogP) is -1.18. The molecule has 0 aromatic carbocycles. The van der Waals surface area contributed by atoms with Gasteiger partial charge >= 0.3 is 0 Å². The van der Waals surface area contributed by atoms with Crippen LogP contribution in [0.2, 0.25) is 0 Å². The highest BCUT2D eigenvalue weighted by atomic mass is 16.3. The molecule has 0 spiro atoms. The van der Waals surface area contributed by atoms with Gasteiger partial charge in [0.2, 0.25) is 11.9 Å². The highest BCUT2D eigenvalue weighted by Crippen LogP contribution is 2.18. The zero-order chi connectivity index (χ0) is 15.5. The first-order valence-electron chi connectivity index (χ1n) is 7.63. The second-order valence-corrected chi connectivity index (χ2v) is 5.96. The molecule has 8 nitrogen and oxygen atoms in total. The first-order valence-corrected chi connectivity index (χ1v) is 7.63. The largest absolute Gasteiger partial charge is 0.390 e. The second kappa shape index (κ2) is 6.45. The Morgan fingerprint density at radius 1 is 1.41 bits per heavy atom. The van der Waals surface area contributed by atoms with Crippen molar-refractivity contribution in [1.29, 1.82) is 0 Å². The summed E-state index contributed by atoms with van der Waals surface area (Å²) in [7, 11) is 0. The van der Waals surface area contributed by atoms with Gasteiger partial charge in [-0.1, -0.05) is 0 Å². The van der Waals surface area contributed by atoms with Gasteiger partial charge in [-0.2, -0.15) is 4.98 Å². The highest BCUT2D eigenvalue weighted by molar-refractivity contribution is 5.78. The predicted molar refractivity (Wildman–Crippen MR) is 82.3 cm³/mol. The van der Waals surface area contributed by atoms with Gasteiger partial charge in [-0.05, 0) is 18.9 Å². The van der Waals surface area contributed by atoms with Crippen LogP contribution in [0, 0.1) is 0 Å². The van der Waals surface area contributed by atoms with Crippen molar-refractivity contribution in [2.45, 2.75) is 25.0 Å². The van der Waals surface area contributed by atoms with Crippen molar-refractivity contribution >= 4 is 17.7 Å². The van der Waals surface area contributed by atoms with Crippen LogP contribution < -0.4 is 16.0 Å². The molecule has 1 saturated heterocycles. The minimum atomic E-state index is -0.554. The molecular weight excluding hydrogens is 284 g/mol. The van der Waals surface area contributed by atoms with Gasteiger partial charge in [0.25, 0.3) is 0 Å². The Hall–Kier alpha value is -1.93. The molecule has 1 amide bonds. The van der Waals surface area contributed by atoms with Crippen molar-refractivity contribution < 1.29 is 9.90 Å². The van der Waals surface area contributed by atoms with Crippen molar-refractivity contribution in [3.05, 3.63) is 12.3 Å². The van der Waals surface area contributed by atoms with E-state index in [1.807, 2.05) is 9.80 Å². The molecule has 1 atom stereocenters. The van der Waals surface area contributed by atoms with Gasteiger partial charge in [0.05, 0.1) is 12.6 Å². The van der Waals surface area contributed by atoms with Gasteiger partial charge in [-0.15, -0.1) is 0 Å². The first-order chi connectivity index (χ1) is 10.6. The van der Waals surface area contributed by atoms with Gasteiger partial charge < -0.3 is 21.1 Å². The number of carbonyl (C=O) groups excluding carboxylic acids is 1. The average Bonchev–Trinajstić information content (AvgIpc) is 3.27. The summed E-state index contributed by atoms with van der Waals surface area (Å²) in [6, 6.07) is 1.99. The van der Waals surface area contributed by atoms with Crippen LogP contribution >= 0.6 is 0 Å². The number of carbonyl (C=O) groups is 1. The molecule has 4 N–H and O–H groups in total. The molecule has 8 heteroatoms. The molecule has 1 aromatic heterocycles. The van der Waals surface area contributed by atoms with E-state index in [4.69, 9.17) is 5.73 Å². The van der Waals surface area contributed by atoms with Crippen LogP contribution in [0.25, 0.3) is 0 Å². The molecule has 120 valence electrons. The summed E-state index contributed by atoms with van der Waals surface area (Å²) in [5.41, 5.74) is 5.68. The van der Waals surface area contributed by atoms with Crippen molar-refractivity contribution in [2.75, 3.05) is 43.4 Å². The van der Waals surface area contributed by atoms with E-state index in [9.17, 15) is 9.90 Å². The summed E-state index contributed by atoms with van der Waals surface area (Å²) < 4.78 is 0. The van der Waals surface area contributed by atoms with Crippen LogP contribution in [-0.2, 0) is 4.79 Å². The Bertz CT molecular complexity index is 536. The fourth-order valence-corrected chi connectivity index (χ4v) is 2.60. The first kappa shape index (κ1) is 15.0. The summed E-state index contributed by atoms with van der Waals surface area (Å²) >= 11 is 0. The number of β-amino-alcohol motifs (C(OH)–C–C–N with tert-alkyl or cyclic N) is 1. The lowest BCUT2D eigenvalue weighted by atomic mass is 10.3. The molecule has 2 heterocycles. The third-order valence-electron chi connectivity index (χ3n) is 3.84. The minimum absolute atomic E-state index is 0.0309. The Kier molecular flexibility index (Phi) is 4.39. The summed E-state index contributed by atoms with van der Waals surface area (Å²) in [5, 5.41) is 13.1. The molecule has 1 aliphatic carbocycles. The van der Waals surface area contributed by atoms with E-state index in [1.165, 1.54) is 0 Å². The number of aromatic nitrogens is 2. The van der Waals surface area contributed by atoms with E-state index in [2.05, 4.69) is 15.3 Å². The second-order valence-electron chi connectivity index (χ2n) is 5.96. The number of nitrogens with two attached hydrogens (primary N) is 1. The molecule has 1 saturated carbocycles. The smallest absolute Gasteiger partial charge is 0.234 e. The number of aliphatic hydroxyl groups is 1. The van der Waals surface area contributed by atoms with Crippen LogP contribution in [-0.4, -0.2) is 70.8 Å². The number of rotatable bonds is 4. The number of hydrogen-bond donors (Lipinski definition) is 3. The number of nitrogens with one attached hydrogen (secondary N) is 1. The number of hydrogen-bond acceptors (Lipinski definition) is 7. The van der Waals surface area contributed by atoms with Crippen LogP contribution in [0.1, 0.15) is 12.8 Å². The van der Waals surface area contributed by atoms with E-state index in [0.717, 1.165) is 12.8 Å². The Morgan fingerprint density at radius 2 is 2.23 bits per heavy atom. The normalized spacial score (nSPS) is 23.1. The lowest BCUT2D eigenvalue weighted by Crippen LogP contribution is -2.41. The van der Waals surface area contributed by atoms with Gasteiger partial charge in [0.15, 0.2) is 0 Å². The average molecular weight is 306 g/mol. The number of nitrogen functional groups attached to an aromatic ring is 1. The van der Waals surface area contributed by atoms with Gasteiger partial charge in [-0.25, -0.2) is 4.98 Å². The van der Waals surface area contributed by atoms with Crippen LogP contribution in [0.5, 0.6) is 0 Å². The fourth-order valence-electron chi connectivity index (χ4n) is 2.60. The molecule has 3 rings (SSSR count). The zero-order valence-corrected chi connectivity index (χ0v) is 12.5. The van der Waals surface area contributed by atoms with Crippen LogP contribution in [0.3, 0.4) is 0 Å². The summed E-state index contributed by atoms with van der Waals surface area (Å²) in [6.07, 6.45) is 3.21. The standard InChI is InChI=1S/C14H22N6O2/c15-12-3-4-16-14(18-12)20-6-5-19(7-11(21)8-20)9-13(22)17-10-1-2-10/h3-4,10-11,21H,1-2,5-9H2,(H,17,22)(H2,15,16,18). The Balaban J connectivity index is 1.58. The summed E-state index contributed by atoms with van der Waals surface area (Å²) in [6.45, 7) is 2.55. The lowest BCUT2D eigenvalue weighted by molar-refractivity contribution is -0.122. The maximum absolute atomic E-state index is 11.9. The quantitative estimate of drug-likeness (QED) is 0.642. The topological polar surface area (TPSA) is 108 Å². The molecule has 22 heavy (non-hydrogen) atoms. The third kappa shape index (κ3) is 4.05. The van der Waals surface area contributed by atoms with Crippen LogP contribution in [0.4, 0.5) is 11.8 Å². The number of anilines is 2. The number of aliphatic hydroxyl groups excluding tert-OH is 1. The Labute approximate surface area is 129 Å². The number of amides is 1. The summed E-state index contributed by atoms with van der Waals surface area (Å²) in [5.74, 6) is 0.955. The van der Waals surface area contributed by atoms with Crippen LogP contribution in [0.15, 0.2) is 12.3 Å². The van der Waals surface area contributed by atoms with E-state index < -0.39 is 6.10 Å². The molecule has 1 aliphatic heterocycles. The maximum atomic E-state index is 11.9. The fraction of sp³-hybridized carbons (Fsp3) is 0.643. The van der Waals surface area contributed by atoms with Gasteiger partial charge in [0.1, 0.15) is 5.82 Å². The van der Waals surface area contributed by atoms with E-state index >= 15 is 0 Å². The monoisotopic (exact) mass is 306 g/mol. The van der Waals surface area contributed by atoms with Gasteiger partial charge in [-0.3, -0.25) is 9.69 Å². The SMILES string of the molecule is Nc1ccnc(N2CCN(CC(=O)NC3CC3)CC(O)C2)n1. The van der Waals surface area contributed by atoms with Crippen molar-refractivity contribution in [2.24, 2.45) is 0 Å². The molecule has 0 radical (unpaired) electrons. The maximum Gasteiger partial charge on any atom is 0.234 e. The van der Waals surface area contributed by atoms with Crippen molar-refractivity contribution in [1.82, 2.24) is 20.2 Å². The minimum Gasteiger partial charge on any atom is -0.390 e.